The molecule has 0 spiro atoms. The van der Waals surface area contributed by atoms with Crippen molar-refractivity contribution >= 4 is 5.97 Å². The summed E-state index contributed by atoms with van der Waals surface area (Å²) in [6.45, 7) is 3.28. The van der Waals surface area contributed by atoms with Crippen LogP contribution in [0.5, 0.6) is 5.75 Å². The minimum atomic E-state index is -1.09. The summed E-state index contributed by atoms with van der Waals surface area (Å²) in [6, 6.07) is 15.8. The second-order valence-electron chi connectivity index (χ2n) is 4.81. The number of carbonyl (C=O) groups is 1. The van der Waals surface area contributed by atoms with E-state index in [0.29, 0.717) is 16.9 Å². The van der Waals surface area contributed by atoms with Gasteiger partial charge in [-0.3, -0.25) is 0 Å². The van der Waals surface area contributed by atoms with E-state index in [9.17, 15) is 9.90 Å². The van der Waals surface area contributed by atoms with E-state index in [1.807, 2.05) is 6.07 Å². The van der Waals surface area contributed by atoms with Crippen molar-refractivity contribution in [3.8, 4) is 5.75 Å². The number of ether oxygens (including phenoxy) is 1. The highest BCUT2D eigenvalue weighted by atomic mass is 16.5. The van der Waals surface area contributed by atoms with Crippen molar-refractivity contribution in [1.29, 1.82) is 0 Å². The van der Waals surface area contributed by atoms with Gasteiger partial charge in [-0.15, -0.1) is 0 Å². The molecule has 0 aliphatic carbocycles. The van der Waals surface area contributed by atoms with Gasteiger partial charge in [0.2, 0.25) is 0 Å². The molecule has 0 aliphatic heterocycles. The zero-order valence-electron chi connectivity index (χ0n) is 11.0. The highest BCUT2D eigenvalue weighted by Gasteiger charge is 2.23. The van der Waals surface area contributed by atoms with Crippen LogP contribution in [0.1, 0.15) is 29.8 Å². The van der Waals surface area contributed by atoms with Crippen LogP contribution in [0.3, 0.4) is 0 Å². The molecule has 0 aliphatic rings. The molecule has 3 heteroatoms. The van der Waals surface area contributed by atoms with Gasteiger partial charge in [0.25, 0.3) is 0 Å². The third-order valence-electron chi connectivity index (χ3n) is 2.76. The second-order valence-corrected chi connectivity index (χ2v) is 4.81. The fourth-order valence-electron chi connectivity index (χ4n) is 1.85. The molecule has 2 aromatic carbocycles. The van der Waals surface area contributed by atoms with E-state index in [2.05, 4.69) is 0 Å². The summed E-state index contributed by atoms with van der Waals surface area (Å²) < 4.78 is 5.29. The number of hydrogen-bond donors (Lipinski definition) is 1. The molecule has 0 saturated heterocycles. The molecular weight excluding hydrogens is 240 g/mol. The second kappa shape index (κ2) is 5.24. The highest BCUT2D eigenvalue weighted by molar-refractivity contribution is 5.93. The third kappa shape index (κ3) is 3.20. The van der Waals surface area contributed by atoms with Gasteiger partial charge in [-0.1, -0.05) is 36.4 Å². The Labute approximate surface area is 112 Å². The van der Waals surface area contributed by atoms with Gasteiger partial charge in [0.1, 0.15) is 5.75 Å². The number of benzene rings is 2. The number of esters is 1. The molecule has 0 fully saturated rings. The Kier molecular flexibility index (Phi) is 3.67. The molecule has 98 valence electrons. The summed E-state index contributed by atoms with van der Waals surface area (Å²) >= 11 is 0. The van der Waals surface area contributed by atoms with E-state index in [-0.39, 0.29) is 0 Å². The number of carbonyl (C=O) groups excluding carboxylic acids is 1. The fourth-order valence-corrected chi connectivity index (χ4v) is 1.85. The monoisotopic (exact) mass is 256 g/mol. The number of rotatable bonds is 3. The predicted octanol–water partition coefficient (Wildman–Crippen LogP) is 3.13. The van der Waals surface area contributed by atoms with Gasteiger partial charge in [-0.25, -0.2) is 4.79 Å². The topological polar surface area (TPSA) is 46.5 Å². The first-order valence-corrected chi connectivity index (χ1v) is 6.07. The largest absolute Gasteiger partial charge is 0.423 e. The van der Waals surface area contributed by atoms with Crippen molar-refractivity contribution in [2.45, 2.75) is 19.4 Å². The summed E-state index contributed by atoms with van der Waals surface area (Å²) in [5.74, 6) is 0.0157. The van der Waals surface area contributed by atoms with Gasteiger partial charge in [0.15, 0.2) is 0 Å². The van der Waals surface area contributed by atoms with Gasteiger partial charge in [-0.05, 0) is 37.6 Å². The summed E-state index contributed by atoms with van der Waals surface area (Å²) in [7, 11) is 0. The van der Waals surface area contributed by atoms with E-state index >= 15 is 0 Å². The molecule has 1 N–H and O–H groups in total. The molecule has 0 unspecified atom stereocenters. The molecule has 0 aromatic heterocycles. The van der Waals surface area contributed by atoms with Crippen molar-refractivity contribution in [3.05, 3.63) is 65.7 Å². The molecule has 19 heavy (non-hydrogen) atoms. The van der Waals surface area contributed by atoms with E-state index < -0.39 is 11.6 Å². The van der Waals surface area contributed by atoms with Crippen LogP contribution in [-0.4, -0.2) is 11.1 Å². The average molecular weight is 256 g/mol. The van der Waals surface area contributed by atoms with Crippen LogP contribution in [0.15, 0.2) is 54.6 Å². The summed E-state index contributed by atoms with van der Waals surface area (Å²) in [6.07, 6.45) is 0. The molecule has 0 amide bonds. The minimum Gasteiger partial charge on any atom is -0.423 e. The zero-order chi connectivity index (χ0) is 13.9. The molecule has 0 bridgehead atoms. The zero-order valence-corrected chi connectivity index (χ0v) is 11.0. The third-order valence-corrected chi connectivity index (χ3v) is 2.76. The van der Waals surface area contributed by atoms with Crippen LogP contribution in [0.25, 0.3) is 0 Å². The van der Waals surface area contributed by atoms with Crippen molar-refractivity contribution in [3.63, 3.8) is 0 Å². The lowest BCUT2D eigenvalue weighted by Gasteiger charge is -2.20. The highest BCUT2D eigenvalue weighted by Crippen LogP contribution is 2.24. The Balaban J connectivity index is 2.30. The van der Waals surface area contributed by atoms with Gasteiger partial charge in [0, 0.05) is 0 Å². The molecule has 2 rings (SSSR count). The predicted molar refractivity (Wildman–Crippen MR) is 73.1 cm³/mol. The smallest absolute Gasteiger partial charge is 0.343 e. The Morgan fingerprint density at radius 3 is 2.21 bits per heavy atom. The summed E-state index contributed by atoms with van der Waals surface area (Å²) in [5.41, 5.74) is -0.165. The Hall–Kier alpha value is -2.13. The average Bonchev–Trinajstić information content (AvgIpc) is 2.39. The normalized spacial score (nSPS) is 11.1. The molecule has 0 atom stereocenters. The number of hydrogen-bond acceptors (Lipinski definition) is 3. The standard InChI is InChI=1S/C16H16O3/c1-16(2,18)14-11-7-6-10-13(14)15(17)19-12-8-4-3-5-9-12/h3-11,18H,1-2H3. The summed E-state index contributed by atoms with van der Waals surface area (Å²) in [5, 5.41) is 10.1. The fraction of sp³-hybridized carbons (Fsp3) is 0.188. The quantitative estimate of drug-likeness (QED) is 0.678. The first kappa shape index (κ1) is 13.3. The van der Waals surface area contributed by atoms with Crippen LogP contribution in [0.2, 0.25) is 0 Å². The van der Waals surface area contributed by atoms with Crippen LogP contribution in [-0.2, 0) is 5.60 Å². The van der Waals surface area contributed by atoms with Crippen LogP contribution < -0.4 is 4.74 Å². The lowest BCUT2D eigenvalue weighted by atomic mass is 9.93. The number of para-hydroxylation sites is 1. The van der Waals surface area contributed by atoms with Gasteiger partial charge < -0.3 is 9.84 Å². The Bertz CT molecular complexity index is 568. The molecule has 2 aromatic rings. The Morgan fingerprint density at radius 1 is 1.00 bits per heavy atom. The van der Waals surface area contributed by atoms with E-state index in [0.717, 1.165) is 0 Å². The van der Waals surface area contributed by atoms with Crippen molar-refractivity contribution in [2.24, 2.45) is 0 Å². The molecular formula is C16H16O3. The molecule has 0 radical (unpaired) electrons. The van der Waals surface area contributed by atoms with Crippen LogP contribution in [0, 0.1) is 0 Å². The maximum absolute atomic E-state index is 12.1. The maximum Gasteiger partial charge on any atom is 0.343 e. The first-order chi connectivity index (χ1) is 8.98. The van der Waals surface area contributed by atoms with Crippen molar-refractivity contribution < 1.29 is 14.6 Å². The summed E-state index contributed by atoms with van der Waals surface area (Å²) in [4.78, 5) is 12.1. The van der Waals surface area contributed by atoms with Crippen LogP contribution in [0.4, 0.5) is 0 Å². The lowest BCUT2D eigenvalue weighted by molar-refractivity contribution is 0.0657. The van der Waals surface area contributed by atoms with Gasteiger partial charge >= 0.3 is 5.97 Å². The Morgan fingerprint density at radius 2 is 1.58 bits per heavy atom. The number of aliphatic hydroxyl groups is 1. The van der Waals surface area contributed by atoms with Crippen molar-refractivity contribution in [1.82, 2.24) is 0 Å². The van der Waals surface area contributed by atoms with E-state index in [4.69, 9.17) is 4.74 Å². The SMILES string of the molecule is CC(C)(O)c1ccccc1C(=O)Oc1ccccc1. The first-order valence-electron chi connectivity index (χ1n) is 6.07. The molecule has 0 heterocycles. The molecule has 0 saturated carbocycles. The van der Waals surface area contributed by atoms with Crippen molar-refractivity contribution in [2.75, 3.05) is 0 Å². The maximum atomic E-state index is 12.1. The molecule has 3 nitrogen and oxygen atoms in total. The lowest BCUT2D eigenvalue weighted by Crippen LogP contribution is -2.22. The van der Waals surface area contributed by atoms with Gasteiger partial charge in [-0.2, -0.15) is 0 Å². The van der Waals surface area contributed by atoms with E-state index in [1.165, 1.54) is 0 Å². The van der Waals surface area contributed by atoms with E-state index in [1.54, 1.807) is 62.4 Å². The minimum absolute atomic E-state index is 0.374. The van der Waals surface area contributed by atoms with Gasteiger partial charge in [0.05, 0.1) is 11.2 Å². The van der Waals surface area contributed by atoms with Crippen LogP contribution >= 0.6 is 0 Å².